The SMILES string of the molecule is CC[C@@H]1c2ccsc2CCN1C(=O)Cn1nnc2ccccc21. The fraction of sp³-hybridized carbons (Fsp3) is 0.353. The van der Waals surface area contributed by atoms with Crippen molar-refractivity contribution in [3.05, 3.63) is 46.2 Å². The van der Waals surface area contributed by atoms with Gasteiger partial charge in [-0.15, -0.1) is 16.4 Å². The van der Waals surface area contributed by atoms with E-state index < -0.39 is 0 Å². The molecule has 1 amide bonds. The van der Waals surface area contributed by atoms with Crippen LogP contribution in [0.3, 0.4) is 0 Å². The summed E-state index contributed by atoms with van der Waals surface area (Å²) in [5, 5.41) is 10.4. The third kappa shape index (κ3) is 2.43. The molecule has 1 aromatic carbocycles. The molecule has 6 heteroatoms. The van der Waals surface area contributed by atoms with Gasteiger partial charge in [0.15, 0.2) is 0 Å². The van der Waals surface area contributed by atoms with Crippen LogP contribution in [-0.2, 0) is 17.8 Å². The molecule has 0 aliphatic carbocycles. The highest BCUT2D eigenvalue weighted by molar-refractivity contribution is 7.10. The number of hydrogen-bond acceptors (Lipinski definition) is 4. The van der Waals surface area contributed by atoms with Crippen molar-refractivity contribution in [2.24, 2.45) is 0 Å². The van der Waals surface area contributed by atoms with Crippen LogP contribution in [0.1, 0.15) is 29.8 Å². The molecule has 0 bridgehead atoms. The molecule has 0 fully saturated rings. The lowest BCUT2D eigenvalue weighted by molar-refractivity contribution is -0.135. The Kier molecular flexibility index (Phi) is 3.61. The minimum Gasteiger partial charge on any atom is -0.334 e. The van der Waals surface area contributed by atoms with Crippen LogP contribution in [0, 0.1) is 0 Å². The first-order valence-corrected chi connectivity index (χ1v) is 8.80. The zero-order valence-electron chi connectivity index (χ0n) is 13.0. The number of aromatic nitrogens is 3. The fourth-order valence-corrected chi connectivity index (χ4v) is 4.32. The molecule has 0 spiro atoms. The van der Waals surface area contributed by atoms with E-state index in [0.29, 0.717) is 0 Å². The zero-order valence-corrected chi connectivity index (χ0v) is 13.8. The number of thiophene rings is 1. The molecule has 118 valence electrons. The predicted octanol–water partition coefficient (Wildman–Crippen LogP) is 3.03. The third-order valence-electron chi connectivity index (χ3n) is 4.51. The van der Waals surface area contributed by atoms with Gasteiger partial charge in [-0.1, -0.05) is 24.3 Å². The number of hydrogen-bond donors (Lipinski definition) is 0. The average Bonchev–Trinajstić information content (AvgIpc) is 3.21. The summed E-state index contributed by atoms with van der Waals surface area (Å²) in [7, 11) is 0. The monoisotopic (exact) mass is 326 g/mol. The molecule has 1 aliphatic heterocycles. The summed E-state index contributed by atoms with van der Waals surface area (Å²) >= 11 is 1.80. The number of amides is 1. The van der Waals surface area contributed by atoms with Crippen molar-refractivity contribution in [2.45, 2.75) is 32.4 Å². The Morgan fingerprint density at radius 1 is 1.35 bits per heavy atom. The summed E-state index contributed by atoms with van der Waals surface area (Å²) in [4.78, 5) is 16.3. The standard InChI is InChI=1S/C17H18N4OS/c1-2-14-12-8-10-23-16(12)7-9-20(14)17(22)11-21-15-6-4-3-5-13(15)18-19-21/h3-6,8,10,14H,2,7,9,11H2,1H3/t14-/m1/s1. The molecule has 0 unspecified atom stereocenters. The van der Waals surface area contributed by atoms with Gasteiger partial charge in [-0.25, -0.2) is 4.68 Å². The van der Waals surface area contributed by atoms with Gasteiger partial charge in [0.25, 0.3) is 0 Å². The van der Waals surface area contributed by atoms with E-state index in [2.05, 4.69) is 28.7 Å². The van der Waals surface area contributed by atoms with E-state index in [4.69, 9.17) is 0 Å². The molecule has 2 aromatic heterocycles. The van der Waals surface area contributed by atoms with E-state index in [1.165, 1.54) is 10.4 Å². The van der Waals surface area contributed by atoms with Crippen molar-refractivity contribution in [1.82, 2.24) is 19.9 Å². The first-order valence-electron chi connectivity index (χ1n) is 7.92. The Hall–Kier alpha value is -2.21. The molecule has 1 atom stereocenters. The summed E-state index contributed by atoms with van der Waals surface area (Å²) in [6, 6.07) is 10.1. The largest absolute Gasteiger partial charge is 0.334 e. The summed E-state index contributed by atoms with van der Waals surface area (Å²) in [5.41, 5.74) is 3.05. The van der Waals surface area contributed by atoms with Crippen molar-refractivity contribution in [1.29, 1.82) is 0 Å². The molecule has 4 rings (SSSR count). The van der Waals surface area contributed by atoms with Gasteiger partial charge >= 0.3 is 0 Å². The lowest BCUT2D eigenvalue weighted by Crippen LogP contribution is -2.41. The lowest BCUT2D eigenvalue weighted by Gasteiger charge is -2.35. The molecule has 0 N–H and O–H groups in total. The molecule has 5 nitrogen and oxygen atoms in total. The van der Waals surface area contributed by atoms with Crippen molar-refractivity contribution in [2.75, 3.05) is 6.54 Å². The number of nitrogens with zero attached hydrogens (tertiary/aromatic N) is 4. The van der Waals surface area contributed by atoms with Crippen LogP contribution >= 0.6 is 11.3 Å². The second-order valence-electron chi connectivity index (χ2n) is 5.80. The van der Waals surface area contributed by atoms with Gasteiger partial charge < -0.3 is 4.90 Å². The van der Waals surface area contributed by atoms with E-state index in [-0.39, 0.29) is 18.5 Å². The highest BCUT2D eigenvalue weighted by Gasteiger charge is 2.30. The second-order valence-corrected chi connectivity index (χ2v) is 6.80. The van der Waals surface area contributed by atoms with E-state index >= 15 is 0 Å². The van der Waals surface area contributed by atoms with Crippen LogP contribution < -0.4 is 0 Å². The quantitative estimate of drug-likeness (QED) is 0.743. The highest BCUT2D eigenvalue weighted by atomic mass is 32.1. The maximum absolute atomic E-state index is 12.9. The molecule has 3 aromatic rings. The van der Waals surface area contributed by atoms with Crippen LogP contribution in [0.5, 0.6) is 0 Å². The van der Waals surface area contributed by atoms with E-state index in [1.807, 2.05) is 29.2 Å². The van der Waals surface area contributed by atoms with Gasteiger partial charge in [0.1, 0.15) is 12.1 Å². The van der Waals surface area contributed by atoms with Crippen molar-refractivity contribution >= 4 is 28.3 Å². The van der Waals surface area contributed by atoms with Crippen LogP contribution in [0.4, 0.5) is 0 Å². The van der Waals surface area contributed by atoms with E-state index in [1.54, 1.807) is 16.0 Å². The normalized spacial score (nSPS) is 17.4. The summed E-state index contributed by atoms with van der Waals surface area (Å²) in [6.45, 7) is 3.18. The average molecular weight is 326 g/mol. The zero-order chi connectivity index (χ0) is 15.8. The fourth-order valence-electron chi connectivity index (χ4n) is 3.39. The molecule has 1 aliphatic rings. The first-order chi connectivity index (χ1) is 11.3. The van der Waals surface area contributed by atoms with Crippen molar-refractivity contribution in [3.63, 3.8) is 0 Å². The Morgan fingerprint density at radius 3 is 3.09 bits per heavy atom. The Labute approximate surface area is 138 Å². The Balaban J connectivity index is 1.60. The van der Waals surface area contributed by atoms with Gasteiger partial charge in [-0.05, 0) is 42.0 Å². The lowest BCUT2D eigenvalue weighted by atomic mass is 9.98. The van der Waals surface area contributed by atoms with Gasteiger partial charge in [0.05, 0.1) is 11.6 Å². The molecule has 0 radical (unpaired) electrons. The highest BCUT2D eigenvalue weighted by Crippen LogP contribution is 2.35. The van der Waals surface area contributed by atoms with Crippen LogP contribution in [0.15, 0.2) is 35.7 Å². The van der Waals surface area contributed by atoms with Crippen LogP contribution in [0.2, 0.25) is 0 Å². The third-order valence-corrected chi connectivity index (χ3v) is 5.50. The van der Waals surface area contributed by atoms with Crippen LogP contribution in [-0.4, -0.2) is 32.3 Å². The van der Waals surface area contributed by atoms with Gasteiger partial charge in [0, 0.05) is 11.4 Å². The van der Waals surface area contributed by atoms with E-state index in [0.717, 1.165) is 30.4 Å². The topological polar surface area (TPSA) is 51.0 Å². The first kappa shape index (κ1) is 14.4. The Bertz CT molecular complexity index is 853. The van der Waals surface area contributed by atoms with Gasteiger partial charge in [-0.2, -0.15) is 0 Å². The molecule has 0 saturated heterocycles. The van der Waals surface area contributed by atoms with Crippen LogP contribution in [0.25, 0.3) is 11.0 Å². The number of carbonyl (C=O) groups is 1. The predicted molar refractivity (Wildman–Crippen MR) is 90.3 cm³/mol. The number of rotatable bonds is 3. The van der Waals surface area contributed by atoms with Crippen molar-refractivity contribution < 1.29 is 4.79 Å². The smallest absolute Gasteiger partial charge is 0.244 e. The van der Waals surface area contributed by atoms with Gasteiger partial charge in [0.2, 0.25) is 5.91 Å². The molecular formula is C17H18N4OS. The molecule has 23 heavy (non-hydrogen) atoms. The minimum atomic E-state index is 0.115. The number of benzene rings is 1. The number of para-hydroxylation sites is 1. The Morgan fingerprint density at radius 2 is 2.22 bits per heavy atom. The summed E-state index contributed by atoms with van der Waals surface area (Å²) < 4.78 is 1.70. The molecule has 0 saturated carbocycles. The number of fused-ring (bicyclic) bond motifs is 2. The minimum absolute atomic E-state index is 0.115. The molecule has 3 heterocycles. The molecular weight excluding hydrogens is 308 g/mol. The summed E-state index contributed by atoms with van der Waals surface area (Å²) in [6.07, 6.45) is 1.89. The number of carbonyl (C=O) groups excluding carboxylic acids is 1. The maximum Gasteiger partial charge on any atom is 0.244 e. The van der Waals surface area contributed by atoms with Crippen molar-refractivity contribution in [3.8, 4) is 0 Å². The summed E-state index contributed by atoms with van der Waals surface area (Å²) in [5.74, 6) is 0.115. The maximum atomic E-state index is 12.9. The van der Waals surface area contributed by atoms with E-state index in [9.17, 15) is 4.79 Å². The second kappa shape index (κ2) is 5.77. The van der Waals surface area contributed by atoms with Gasteiger partial charge in [-0.3, -0.25) is 4.79 Å².